The molecule has 1 saturated heterocycles. The Bertz CT molecular complexity index is 383. The number of ether oxygens (including phenoxy) is 1. The molecule has 2 N–H and O–H groups in total. The largest absolute Gasteiger partial charge is 0.493 e. The molecule has 98 valence electrons. The standard InChI is InChI=1S/C13H19N3O2/c14-13(17)9-16-7-1-2-11(8-16)10-18-12-3-5-15-6-4-12/h3-6,11H,1-2,7-10H2,(H2,14,17). The first-order chi connectivity index (χ1) is 8.74. The number of hydrogen-bond donors (Lipinski definition) is 1. The van der Waals surface area contributed by atoms with Crippen molar-refractivity contribution >= 4 is 5.91 Å². The maximum absolute atomic E-state index is 10.9. The molecule has 1 amide bonds. The number of nitrogens with zero attached hydrogens (tertiary/aromatic N) is 2. The van der Waals surface area contributed by atoms with Gasteiger partial charge in [-0.25, -0.2) is 0 Å². The molecule has 1 aromatic rings. The summed E-state index contributed by atoms with van der Waals surface area (Å²) in [5, 5.41) is 0. The first-order valence-corrected chi connectivity index (χ1v) is 6.27. The van der Waals surface area contributed by atoms with Gasteiger partial charge >= 0.3 is 0 Å². The molecular weight excluding hydrogens is 230 g/mol. The molecule has 2 heterocycles. The zero-order valence-corrected chi connectivity index (χ0v) is 10.4. The van der Waals surface area contributed by atoms with Gasteiger partial charge in [0.15, 0.2) is 0 Å². The predicted octanol–water partition coefficient (Wildman–Crippen LogP) is 0.658. The van der Waals surface area contributed by atoms with Crippen molar-refractivity contribution in [3.63, 3.8) is 0 Å². The SMILES string of the molecule is NC(=O)CN1CCCC(COc2ccncc2)C1. The number of primary amides is 1. The van der Waals surface area contributed by atoms with E-state index in [9.17, 15) is 4.79 Å². The molecule has 0 spiro atoms. The molecule has 0 aromatic carbocycles. The summed E-state index contributed by atoms with van der Waals surface area (Å²) in [6.07, 6.45) is 5.67. The lowest BCUT2D eigenvalue weighted by atomic mass is 9.99. The second-order valence-electron chi connectivity index (χ2n) is 4.70. The van der Waals surface area contributed by atoms with Crippen LogP contribution < -0.4 is 10.5 Å². The van der Waals surface area contributed by atoms with E-state index in [0.717, 1.165) is 31.7 Å². The van der Waals surface area contributed by atoms with Gasteiger partial charge in [-0.2, -0.15) is 0 Å². The summed E-state index contributed by atoms with van der Waals surface area (Å²) >= 11 is 0. The third-order valence-electron chi connectivity index (χ3n) is 3.12. The summed E-state index contributed by atoms with van der Waals surface area (Å²) in [7, 11) is 0. The highest BCUT2D eigenvalue weighted by Crippen LogP contribution is 2.18. The highest BCUT2D eigenvalue weighted by atomic mass is 16.5. The number of aromatic nitrogens is 1. The minimum absolute atomic E-state index is 0.259. The second kappa shape index (κ2) is 6.35. The summed E-state index contributed by atoms with van der Waals surface area (Å²) in [5.41, 5.74) is 5.21. The van der Waals surface area contributed by atoms with Crippen molar-refractivity contribution in [3.8, 4) is 5.75 Å². The van der Waals surface area contributed by atoms with Crippen molar-refractivity contribution in [3.05, 3.63) is 24.5 Å². The second-order valence-corrected chi connectivity index (χ2v) is 4.70. The molecule has 5 heteroatoms. The van der Waals surface area contributed by atoms with Gasteiger partial charge in [0.25, 0.3) is 0 Å². The molecule has 1 fully saturated rings. The number of rotatable bonds is 5. The number of pyridine rings is 1. The predicted molar refractivity (Wildman–Crippen MR) is 68.1 cm³/mol. The van der Waals surface area contributed by atoms with Gasteiger partial charge in [-0.3, -0.25) is 14.7 Å². The van der Waals surface area contributed by atoms with E-state index in [-0.39, 0.29) is 5.91 Å². The van der Waals surface area contributed by atoms with Crippen LogP contribution in [-0.2, 0) is 4.79 Å². The van der Waals surface area contributed by atoms with Crippen LogP contribution in [0, 0.1) is 5.92 Å². The third kappa shape index (κ3) is 4.00. The van der Waals surface area contributed by atoms with Crippen molar-refractivity contribution < 1.29 is 9.53 Å². The Hall–Kier alpha value is -1.62. The highest BCUT2D eigenvalue weighted by Gasteiger charge is 2.21. The fourth-order valence-corrected chi connectivity index (χ4v) is 2.30. The first-order valence-electron chi connectivity index (χ1n) is 6.27. The van der Waals surface area contributed by atoms with Crippen LogP contribution >= 0.6 is 0 Å². The van der Waals surface area contributed by atoms with Gasteiger partial charge in [-0.05, 0) is 31.5 Å². The highest BCUT2D eigenvalue weighted by molar-refractivity contribution is 5.75. The molecule has 1 unspecified atom stereocenters. The van der Waals surface area contributed by atoms with Crippen molar-refractivity contribution in [2.75, 3.05) is 26.2 Å². The van der Waals surface area contributed by atoms with Crippen LogP contribution in [0.4, 0.5) is 0 Å². The summed E-state index contributed by atoms with van der Waals surface area (Å²) in [6, 6.07) is 3.70. The average Bonchev–Trinajstić information content (AvgIpc) is 2.37. The number of carbonyl (C=O) groups excluding carboxylic acids is 1. The van der Waals surface area contributed by atoms with Crippen molar-refractivity contribution in [1.29, 1.82) is 0 Å². The van der Waals surface area contributed by atoms with Crippen LogP contribution in [0.25, 0.3) is 0 Å². The van der Waals surface area contributed by atoms with Crippen molar-refractivity contribution in [2.45, 2.75) is 12.8 Å². The van der Waals surface area contributed by atoms with Gasteiger partial charge in [0.1, 0.15) is 5.75 Å². The molecule has 1 aliphatic rings. The van der Waals surface area contributed by atoms with E-state index in [1.807, 2.05) is 12.1 Å². The lowest BCUT2D eigenvalue weighted by Crippen LogP contribution is -2.42. The fourth-order valence-electron chi connectivity index (χ4n) is 2.30. The first kappa shape index (κ1) is 12.8. The molecule has 18 heavy (non-hydrogen) atoms. The van der Waals surface area contributed by atoms with Gasteiger partial charge in [0.05, 0.1) is 13.2 Å². The molecule has 0 saturated carbocycles. The molecule has 1 atom stereocenters. The van der Waals surface area contributed by atoms with E-state index in [0.29, 0.717) is 19.1 Å². The van der Waals surface area contributed by atoms with Gasteiger partial charge < -0.3 is 10.5 Å². The molecule has 0 radical (unpaired) electrons. The Labute approximate surface area is 107 Å². The maximum atomic E-state index is 10.9. The minimum Gasteiger partial charge on any atom is -0.493 e. The van der Waals surface area contributed by atoms with Crippen LogP contribution in [-0.4, -0.2) is 42.0 Å². The van der Waals surface area contributed by atoms with E-state index in [1.54, 1.807) is 12.4 Å². The van der Waals surface area contributed by atoms with E-state index in [4.69, 9.17) is 10.5 Å². The Kier molecular flexibility index (Phi) is 4.52. The quantitative estimate of drug-likeness (QED) is 0.832. The van der Waals surface area contributed by atoms with Crippen LogP contribution in [0.3, 0.4) is 0 Å². The lowest BCUT2D eigenvalue weighted by Gasteiger charge is -2.31. The number of hydrogen-bond acceptors (Lipinski definition) is 4. The summed E-state index contributed by atoms with van der Waals surface area (Å²) in [5.74, 6) is 1.05. The van der Waals surface area contributed by atoms with Crippen molar-refractivity contribution in [2.24, 2.45) is 11.7 Å². The Morgan fingerprint density at radius 2 is 2.28 bits per heavy atom. The molecule has 0 bridgehead atoms. The molecular formula is C13H19N3O2. The molecule has 2 rings (SSSR count). The number of nitrogens with two attached hydrogens (primary N) is 1. The van der Waals surface area contributed by atoms with Gasteiger partial charge in [0, 0.05) is 24.9 Å². The molecule has 0 aliphatic carbocycles. The normalized spacial score (nSPS) is 20.6. The summed E-state index contributed by atoms with van der Waals surface area (Å²) in [4.78, 5) is 16.9. The maximum Gasteiger partial charge on any atom is 0.231 e. The summed E-state index contributed by atoms with van der Waals surface area (Å²) in [6.45, 7) is 2.87. The third-order valence-corrected chi connectivity index (χ3v) is 3.12. The van der Waals surface area contributed by atoms with E-state index < -0.39 is 0 Å². The van der Waals surface area contributed by atoms with Crippen LogP contribution in [0.2, 0.25) is 0 Å². The van der Waals surface area contributed by atoms with Gasteiger partial charge in [-0.15, -0.1) is 0 Å². The monoisotopic (exact) mass is 249 g/mol. The smallest absolute Gasteiger partial charge is 0.231 e. The number of amides is 1. The zero-order chi connectivity index (χ0) is 12.8. The van der Waals surface area contributed by atoms with Crippen LogP contribution in [0.1, 0.15) is 12.8 Å². The van der Waals surface area contributed by atoms with Gasteiger partial charge in [-0.1, -0.05) is 0 Å². The van der Waals surface area contributed by atoms with E-state index in [2.05, 4.69) is 9.88 Å². The zero-order valence-electron chi connectivity index (χ0n) is 10.4. The number of piperidine rings is 1. The van der Waals surface area contributed by atoms with Crippen LogP contribution in [0.5, 0.6) is 5.75 Å². The lowest BCUT2D eigenvalue weighted by molar-refractivity contribution is -0.119. The Balaban J connectivity index is 1.77. The Morgan fingerprint density at radius 1 is 1.50 bits per heavy atom. The Morgan fingerprint density at radius 3 is 3.00 bits per heavy atom. The summed E-state index contributed by atoms with van der Waals surface area (Å²) < 4.78 is 5.72. The number of carbonyl (C=O) groups is 1. The molecule has 1 aromatic heterocycles. The van der Waals surface area contributed by atoms with E-state index >= 15 is 0 Å². The fraction of sp³-hybridized carbons (Fsp3) is 0.538. The number of likely N-dealkylation sites (tertiary alicyclic amines) is 1. The van der Waals surface area contributed by atoms with E-state index in [1.165, 1.54) is 0 Å². The average molecular weight is 249 g/mol. The van der Waals surface area contributed by atoms with Crippen LogP contribution in [0.15, 0.2) is 24.5 Å². The molecule has 1 aliphatic heterocycles. The molecule has 5 nitrogen and oxygen atoms in total. The topological polar surface area (TPSA) is 68.5 Å². The minimum atomic E-state index is -0.259. The van der Waals surface area contributed by atoms with Crippen molar-refractivity contribution in [1.82, 2.24) is 9.88 Å². The van der Waals surface area contributed by atoms with Gasteiger partial charge in [0.2, 0.25) is 5.91 Å².